The van der Waals surface area contributed by atoms with Gasteiger partial charge >= 0.3 is 0 Å². The van der Waals surface area contributed by atoms with Gasteiger partial charge in [0.05, 0.1) is 4.92 Å². The van der Waals surface area contributed by atoms with Crippen LogP contribution in [0.15, 0.2) is 18.2 Å². The third-order valence-electron chi connectivity index (χ3n) is 2.25. The lowest BCUT2D eigenvalue weighted by atomic mass is 10.00. The molecule has 98 valence electrons. The third kappa shape index (κ3) is 4.13. The molecule has 0 fully saturated rings. The van der Waals surface area contributed by atoms with Crippen LogP contribution in [-0.4, -0.2) is 16.4 Å². The van der Waals surface area contributed by atoms with Gasteiger partial charge in [0, 0.05) is 33.4 Å². The number of halogens is 1. The zero-order chi connectivity index (χ0) is 13.9. The SMILES string of the molecule is CC(C)(CC(N)=O)Nc1ccc([N+](=O)[O-])cc1I. The Bertz CT molecular complexity index is 488. The van der Waals surface area contributed by atoms with Gasteiger partial charge in [0.2, 0.25) is 5.91 Å². The van der Waals surface area contributed by atoms with Gasteiger partial charge in [-0.1, -0.05) is 0 Å². The van der Waals surface area contributed by atoms with Gasteiger partial charge in [0.15, 0.2) is 0 Å². The lowest BCUT2D eigenvalue weighted by molar-refractivity contribution is -0.384. The molecule has 0 heterocycles. The molecular formula is C11H14IN3O3. The quantitative estimate of drug-likeness (QED) is 0.476. The number of nitro benzene ring substituents is 1. The van der Waals surface area contributed by atoms with Crippen molar-refractivity contribution in [3.05, 3.63) is 31.9 Å². The highest BCUT2D eigenvalue weighted by atomic mass is 127. The highest BCUT2D eigenvalue weighted by Gasteiger charge is 2.21. The van der Waals surface area contributed by atoms with Crippen molar-refractivity contribution in [3.63, 3.8) is 0 Å². The Balaban J connectivity index is 2.92. The highest BCUT2D eigenvalue weighted by Crippen LogP contribution is 2.27. The van der Waals surface area contributed by atoms with Gasteiger partial charge in [-0.3, -0.25) is 14.9 Å². The van der Waals surface area contributed by atoms with Crippen LogP contribution in [0.4, 0.5) is 11.4 Å². The third-order valence-corrected chi connectivity index (χ3v) is 3.15. The molecule has 18 heavy (non-hydrogen) atoms. The molecule has 0 spiro atoms. The lowest BCUT2D eigenvalue weighted by Crippen LogP contribution is -2.36. The second kappa shape index (κ2) is 5.51. The zero-order valence-electron chi connectivity index (χ0n) is 10.1. The topological polar surface area (TPSA) is 98.3 Å². The minimum absolute atomic E-state index is 0.0395. The number of carbonyl (C=O) groups excluding carboxylic acids is 1. The first kappa shape index (κ1) is 14.7. The summed E-state index contributed by atoms with van der Waals surface area (Å²) in [6.07, 6.45) is 0.181. The maximum Gasteiger partial charge on any atom is 0.270 e. The Labute approximate surface area is 118 Å². The zero-order valence-corrected chi connectivity index (χ0v) is 12.2. The molecule has 1 amide bonds. The van der Waals surface area contributed by atoms with Crippen LogP contribution in [0.3, 0.4) is 0 Å². The van der Waals surface area contributed by atoms with Gasteiger partial charge in [0.1, 0.15) is 0 Å². The van der Waals surface area contributed by atoms with E-state index in [0.29, 0.717) is 0 Å². The molecule has 3 N–H and O–H groups in total. The standard InChI is InChI=1S/C11H14IN3O3/c1-11(2,6-10(13)16)14-9-4-3-7(15(17)18)5-8(9)12/h3-5,14H,6H2,1-2H3,(H2,13,16). The summed E-state index contributed by atoms with van der Waals surface area (Å²) in [6, 6.07) is 4.52. The summed E-state index contributed by atoms with van der Waals surface area (Å²) < 4.78 is 0.722. The number of hydrogen-bond donors (Lipinski definition) is 2. The van der Waals surface area contributed by atoms with Crippen LogP contribution in [-0.2, 0) is 4.79 Å². The van der Waals surface area contributed by atoms with Crippen LogP contribution < -0.4 is 11.1 Å². The molecule has 0 saturated heterocycles. The molecule has 6 nitrogen and oxygen atoms in total. The number of rotatable bonds is 5. The fourth-order valence-corrected chi connectivity index (χ4v) is 2.20. The summed E-state index contributed by atoms with van der Waals surface area (Å²) in [7, 11) is 0. The second-order valence-electron chi connectivity index (χ2n) is 4.57. The number of nitro groups is 1. The van der Waals surface area contributed by atoms with Gasteiger partial charge in [-0.05, 0) is 42.5 Å². The molecule has 0 saturated carbocycles. The van der Waals surface area contributed by atoms with E-state index in [2.05, 4.69) is 5.32 Å². The maximum absolute atomic E-state index is 10.9. The average Bonchev–Trinajstić information content (AvgIpc) is 2.18. The molecular weight excluding hydrogens is 349 g/mol. The van der Waals surface area contributed by atoms with Crippen LogP contribution in [0.5, 0.6) is 0 Å². The summed E-state index contributed by atoms with van der Waals surface area (Å²) in [5, 5.41) is 13.8. The van der Waals surface area contributed by atoms with E-state index in [4.69, 9.17) is 5.73 Å². The Morgan fingerprint density at radius 3 is 2.61 bits per heavy atom. The fraction of sp³-hybridized carbons (Fsp3) is 0.364. The normalized spacial score (nSPS) is 11.1. The Kier molecular flexibility index (Phi) is 4.49. The monoisotopic (exact) mass is 363 g/mol. The van der Waals surface area contributed by atoms with E-state index < -0.39 is 16.4 Å². The average molecular weight is 363 g/mol. The molecule has 0 bridgehead atoms. The highest BCUT2D eigenvalue weighted by molar-refractivity contribution is 14.1. The summed E-state index contributed by atoms with van der Waals surface area (Å²) in [6.45, 7) is 3.69. The number of non-ortho nitro benzene ring substituents is 1. The van der Waals surface area contributed by atoms with Crippen LogP contribution in [0.25, 0.3) is 0 Å². The number of primary amides is 1. The maximum atomic E-state index is 10.9. The summed E-state index contributed by atoms with van der Waals surface area (Å²) >= 11 is 2.01. The first-order valence-corrected chi connectivity index (χ1v) is 6.29. The number of amides is 1. The van der Waals surface area contributed by atoms with Gasteiger partial charge in [-0.25, -0.2) is 0 Å². The molecule has 0 aliphatic rings. The van der Waals surface area contributed by atoms with Crippen molar-refractivity contribution in [1.82, 2.24) is 0 Å². The Morgan fingerprint density at radius 1 is 1.56 bits per heavy atom. The van der Waals surface area contributed by atoms with Gasteiger partial charge < -0.3 is 11.1 Å². The van der Waals surface area contributed by atoms with Crippen molar-refractivity contribution < 1.29 is 9.72 Å². The van der Waals surface area contributed by atoms with E-state index in [1.54, 1.807) is 6.07 Å². The molecule has 0 aromatic heterocycles. The first-order valence-electron chi connectivity index (χ1n) is 5.22. The number of anilines is 1. The van der Waals surface area contributed by atoms with Gasteiger partial charge in [-0.15, -0.1) is 0 Å². The fourth-order valence-electron chi connectivity index (χ4n) is 1.56. The predicted octanol–water partition coefficient (Wildman–Crippen LogP) is 2.27. The van der Waals surface area contributed by atoms with Gasteiger partial charge in [0.25, 0.3) is 5.69 Å². The van der Waals surface area contributed by atoms with Crippen molar-refractivity contribution >= 4 is 39.9 Å². The Hall–Kier alpha value is -1.38. The van der Waals surface area contributed by atoms with E-state index in [9.17, 15) is 14.9 Å². The second-order valence-corrected chi connectivity index (χ2v) is 5.74. The molecule has 1 aromatic carbocycles. The number of nitrogens with two attached hydrogens (primary N) is 1. The number of carbonyl (C=O) groups is 1. The Morgan fingerprint density at radius 2 is 2.17 bits per heavy atom. The van der Waals surface area contributed by atoms with E-state index >= 15 is 0 Å². The van der Waals surface area contributed by atoms with E-state index in [1.165, 1.54) is 12.1 Å². The minimum atomic E-state index is -0.498. The van der Waals surface area contributed by atoms with Crippen molar-refractivity contribution in [1.29, 1.82) is 0 Å². The smallest absolute Gasteiger partial charge is 0.270 e. The van der Waals surface area contributed by atoms with Crippen molar-refractivity contribution in [2.75, 3.05) is 5.32 Å². The molecule has 1 aromatic rings. The molecule has 0 aliphatic heterocycles. The van der Waals surface area contributed by atoms with E-state index in [0.717, 1.165) is 9.26 Å². The lowest BCUT2D eigenvalue weighted by Gasteiger charge is -2.26. The van der Waals surface area contributed by atoms with Crippen LogP contribution in [0, 0.1) is 13.7 Å². The first-order chi connectivity index (χ1) is 8.21. The molecule has 0 radical (unpaired) electrons. The van der Waals surface area contributed by atoms with Gasteiger partial charge in [-0.2, -0.15) is 0 Å². The van der Waals surface area contributed by atoms with E-state index in [-0.39, 0.29) is 12.1 Å². The molecule has 7 heteroatoms. The molecule has 0 aliphatic carbocycles. The van der Waals surface area contributed by atoms with Crippen LogP contribution in [0.2, 0.25) is 0 Å². The summed E-state index contributed by atoms with van der Waals surface area (Å²) in [5.41, 5.74) is 5.45. The summed E-state index contributed by atoms with van der Waals surface area (Å²) in [4.78, 5) is 21.1. The molecule has 0 atom stereocenters. The molecule has 0 unspecified atom stereocenters. The number of nitrogens with zero attached hydrogens (tertiary/aromatic N) is 1. The van der Waals surface area contributed by atoms with Crippen molar-refractivity contribution in [3.8, 4) is 0 Å². The number of benzene rings is 1. The largest absolute Gasteiger partial charge is 0.379 e. The van der Waals surface area contributed by atoms with Crippen LogP contribution in [0.1, 0.15) is 20.3 Å². The number of nitrogens with one attached hydrogen (secondary N) is 1. The summed E-state index contributed by atoms with van der Waals surface area (Å²) in [5.74, 6) is -0.399. The predicted molar refractivity (Wildman–Crippen MR) is 77.3 cm³/mol. The molecule has 1 rings (SSSR count). The van der Waals surface area contributed by atoms with Crippen LogP contribution >= 0.6 is 22.6 Å². The van der Waals surface area contributed by atoms with Crippen molar-refractivity contribution in [2.24, 2.45) is 5.73 Å². The number of hydrogen-bond acceptors (Lipinski definition) is 4. The van der Waals surface area contributed by atoms with Crippen molar-refractivity contribution in [2.45, 2.75) is 25.8 Å². The van der Waals surface area contributed by atoms with E-state index in [1.807, 2.05) is 36.4 Å². The minimum Gasteiger partial charge on any atom is -0.379 e.